The molecule has 7 heteroatoms. The summed E-state index contributed by atoms with van der Waals surface area (Å²) in [6.45, 7) is 4.14. The molecule has 134 valence electrons. The van der Waals surface area contributed by atoms with E-state index in [1.54, 1.807) is 12.1 Å². The van der Waals surface area contributed by atoms with Crippen molar-refractivity contribution in [3.63, 3.8) is 0 Å². The standard InChI is InChI=1S/C17H25FN4O.ClH/c1-11(19)13-3-2-8-22(10-13)17(23)15-9-20-21-16(15)12-4-6-14(18)7-5-12;/h4-7,11,13,15-16,20-21H,2-3,8-10,19H2,1H3;1H. The minimum Gasteiger partial charge on any atom is -0.342 e. The summed E-state index contributed by atoms with van der Waals surface area (Å²) in [6.07, 6.45) is 2.09. The maximum atomic E-state index is 13.1. The second-order valence-electron chi connectivity index (χ2n) is 6.71. The molecule has 0 radical (unpaired) electrons. The molecule has 2 heterocycles. The quantitative estimate of drug-likeness (QED) is 0.769. The molecule has 24 heavy (non-hydrogen) atoms. The first-order valence-corrected chi connectivity index (χ1v) is 8.34. The van der Waals surface area contributed by atoms with Gasteiger partial charge in [0.1, 0.15) is 5.82 Å². The number of nitrogens with two attached hydrogens (primary N) is 1. The number of hydrogen-bond donors (Lipinski definition) is 3. The van der Waals surface area contributed by atoms with E-state index in [0.29, 0.717) is 12.5 Å². The Morgan fingerprint density at radius 1 is 1.38 bits per heavy atom. The summed E-state index contributed by atoms with van der Waals surface area (Å²) in [5.41, 5.74) is 13.2. The summed E-state index contributed by atoms with van der Waals surface area (Å²) in [6, 6.07) is 6.33. The molecule has 5 nitrogen and oxygen atoms in total. The average molecular weight is 357 g/mol. The molecule has 1 aromatic carbocycles. The van der Waals surface area contributed by atoms with Crippen molar-refractivity contribution in [1.29, 1.82) is 0 Å². The molecular formula is C17H26ClFN4O. The van der Waals surface area contributed by atoms with Crippen LogP contribution >= 0.6 is 12.4 Å². The lowest BCUT2D eigenvalue weighted by atomic mass is 9.89. The predicted octanol–water partition coefficient (Wildman–Crippen LogP) is 1.60. The van der Waals surface area contributed by atoms with Crippen LogP contribution < -0.4 is 16.6 Å². The fraction of sp³-hybridized carbons (Fsp3) is 0.588. The third-order valence-corrected chi connectivity index (χ3v) is 5.04. The van der Waals surface area contributed by atoms with Crippen LogP contribution in [0.25, 0.3) is 0 Å². The van der Waals surface area contributed by atoms with Crippen LogP contribution in [0.3, 0.4) is 0 Å². The maximum Gasteiger partial charge on any atom is 0.229 e. The average Bonchev–Trinajstić information content (AvgIpc) is 3.04. The predicted molar refractivity (Wildman–Crippen MR) is 94.0 cm³/mol. The maximum absolute atomic E-state index is 13.1. The van der Waals surface area contributed by atoms with E-state index in [4.69, 9.17) is 5.73 Å². The Morgan fingerprint density at radius 3 is 2.75 bits per heavy atom. The Bertz CT molecular complexity index is 554. The molecule has 0 aliphatic carbocycles. The van der Waals surface area contributed by atoms with Gasteiger partial charge in [-0.25, -0.2) is 9.82 Å². The van der Waals surface area contributed by atoms with Crippen molar-refractivity contribution in [2.45, 2.75) is 31.8 Å². The van der Waals surface area contributed by atoms with Crippen LogP contribution in [0, 0.1) is 17.7 Å². The molecule has 2 saturated heterocycles. The van der Waals surface area contributed by atoms with Crippen LogP contribution in [0.4, 0.5) is 4.39 Å². The molecule has 0 aromatic heterocycles. The highest BCUT2D eigenvalue weighted by atomic mass is 35.5. The smallest absolute Gasteiger partial charge is 0.229 e. The number of carbonyl (C=O) groups is 1. The number of halogens is 2. The van der Waals surface area contributed by atoms with Gasteiger partial charge in [-0.3, -0.25) is 10.2 Å². The molecule has 2 aliphatic rings. The van der Waals surface area contributed by atoms with E-state index in [1.807, 2.05) is 11.8 Å². The minimum absolute atomic E-state index is 0. The van der Waals surface area contributed by atoms with Gasteiger partial charge in [0.2, 0.25) is 5.91 Å². The van der Waals surface area contributed by atoms with E-state index in [0.717, 1.165) is 31.5 Å². The number of likely N-dealkylation sites (tertiary alicyclic amines) is 1. The Balaban J connectivity index is 0.00000208. The first kappa shape index (κ1) is 19.1. The Hall–Kier alpha value is -1.21. The molecule has 1 amide bonds. The highest BCUT2D eigenvalue weighted by molar-refractivity contribution is 5.85. The third-order valence-electron chi connectivity index (χ3n) is 5.04. The van der Waals surface area contributed by atoms with E-state index in [-0.39, 0.29) is 42.1 Å². The van der Waals surface area contributed by atoms with Crippen molar-refractivity contribution >= 4 is 18.3 Å². The molecule has 2 aliphatic heterocycles. The van der Waals surface area contributed by atoms with Gasteiger partial charge < -0.3 is 10.6 Å². The lowest BCUT2D eigenvalue weighted by molar-refractivity contribution is -0.137. The van der Waals surface area contributed by atoms with Gasteiger partial charge in [-0.15, -0.1) is 12.4 Å². The monoisotopic (exact) mass is 356 g/mol. The summed E-state index contributed by atoms with van der Waals surface area (Å²) < 4.78 is 13.1. The highest BCUT2D eigenvalue weighted by Gasteiger charge is 2.38. The molecule has 4 N–H and O–H groups in total. The number of carbonyl (C=O) groups excluding carboxylic acids is 1. The van der Waals surface area contributed by atoms with Crippen LogP contribution in [0.15, 0.2) is 24.3 Å². The SMILES string of the molecule is CC(N)C1CCCN(C(=O)C2CNNC2c2ccc(F)cc2)C1.Cl. The number of rotatable bonds is 3. The zero-order chi connectivity index (χ0) is 16.4. The number of benzene rings is 1. The summed E-state index contributed by atoms with van der Waals surface area (Å²) in [4.78, 5) is 14.9. The fourth-order valence-electron chi connectivity index (χ4n) is 3.59. The molecule has 4 atom stereocenters. The van der Waals surface area contributed by atoms with E-state index in [9.17, 15) is 9.18 Å². The summed E-state index contributed by atoms with van der Waals surface area (Å²) in [5.74, 6) is 0.0900. The highest BCUT2D eigenvalue weighted by Crippen LogP contribution is 2.29. The van der Waals surface area contributed by atoms with E-state index in [1.165, 1.54) is 12.1 Å². The van der Waals surface area contributed by atoms with Gasteiger partial charge in [0.05, 0.1) is 12.0 Å². The Morgan fingerprint density at radius 2 is 2.08 bits per heavy atom. The number of hydrazine groups is 1. The minimum atomic E-state index is -0.265. The normalized spacial score (nSPS) is 28.3. The second kappa shape index (κ2) is 8.25. The summed E-state index contributed by atoms with van der Waals surface area (Å²) >= 11 is 0. The fourth-order valence-corrected chi connectivity index (χ4v) is 3.59. The largest absolute Gasteiger partial charge is 0.342 e. The number of nitrogens with zero attached hydrogens (tertiary/aromatic N) is 1. The first-order chi connectivity index (χ1) is 11.1. The number of nitrogens with one attached hydrogen (secondary N) is 2. The van der Waals surface area contributed by atoms with Crippen molar-refractivity contribution in [3.05, 3.63) is 35.6 Å². The van der Waals surface area contributed by atoms with Crippen LogP contribution in [0.1, 0.15) is 31.4 Å². The Kier molecular flexibility index (Phi) is 6.57. The van der Waals surface area contributed by atoms with Gasteiger partial charge in [-0.1, -0.05) is 12.1 Å². The lowest BCUT2D eigenvalue weighted by Crippen LogP contribution is -2.48. The van der Waals surface area contributed by atoms with Gasteiger partial charge in [-0.2, -0.15) is 0 Å². The van der Waals surface area contributed by atoms with Gasteiger partial charge in [0, 0.05) is 25.7 Å². The molecule has 0 spiro atoms. The summed E-state index contributed by atoms with van der Waals surface area (Å²) in [7, 11) is 0. The van der Waals surface area contributed by atoms with Crippen molar-refractivity contribution < 1.29 is 9.18 Å². The number of amides is 1. The van der Waals surface area contributed by atoms with Gasteiger partial charge in [-0.05, 0) is 43.4 Å². The summed E-state index contributed by atoms with van der Waals surface area (Å²) in [5, 5.41) is 0. The third kappa shape index (κ3) is 4.06. The van der Waals surface area contributed by atoms with Gasteiger partial charge in [0.15, 0.2) is 0 Å². The zero-order valence-electron chi connectivity index (χ0n) is 13.9. The van der Waals surface area contributed by atoms with Crippen molar-refractivity contribution in [1.82, 2.24) is 15.8 Å². The molecule has 2 fully saturated rings. The van der Waals surface area contributed by atoms with Crippen molar-refractivity contribution in [2.75, 3.05) is 19.6 Å². The second-order valence-corrected chi connectivity index (χ2v) is 6.71. The first-order valence-electron chi connectivity index (χ1n) is 8.34. The number of piperidine rings is 1. The molecule has 3 rings (SSSR count). The van der Waals surface area contributed by atoms with Crippen molar-refractivity contribution in [2.24, 2.45) is 17.6 Å². The zero-order valence-corrected chi connectivity index (χ0v) is 14.7. The van der Waals surface area contributed by atoms with E-state index in [2.05, 4.69) is 10.9 Å². The van der Waals surface area contributed by atoms with Crippen molar-refractivity contribution in [3.8, 4) is 0 Å². The molecule has 0 bridgehead atoms. The molecular weight excluding hydrogens is 331 g/mol. The topological polar surface area (TPSA) is 70.4 Å². The Labute approximate surface area is 148 Å². The van der Waals surface area contributed by atoms with E-state index >= 15 is 0 Å². The van der Waals surface area contributed by atoms with Crippen LogP contribution in [0.5, 0.6) is 0 Å². The van der Waals surface area contributed by atoms with Crippen LogP contribution in [0.2, 0.25) is 0 Å². The number of hydrogen-bond acceptors (Lipinski definition) is 4. The van der Waals surface area contributed by atoms with Gasteiger partial charge in [0.25, 0.3) is 0 Å². The van der Waals surface area contributed by atoms with Gasteiger partial charge >= 0.3 is 0 Å². The van der Waals surface area contributed by atoms with Crippen LogP contribution in [-0.4, -0.2) is 36.5 Å². The van der Waals surface area contributed by atoms with E-state index < -0.39 is 0 Å². The van der Waals surface area contributed by atoms with Crippen LogP contribution in [-0.2, 0) is 4.79 Å². The molecule has 1 aromatic rings. The molecule has 0 saturated carbocycles. The molecule has 4 unspecified atom stereocenters. The lowest BCUT2D eigenvalue weighted by Gasteiger charge is -2.36.